The minimum absolute atomic E-state index is 0.0485. The van der Waals surface area contributed by atoms with E-state index in [1.807, 2.05) is 6.92 Å². The second kappa shape index (κ2) is 9.29. The van der Waals surface area contributed by atoms with Gasteiger partial charge >= 0.3 is 0 Å². The molecule has 2 aliphatic rings. The average molecular weight is 446 g/mol. The van der Waals surface area contributed by atoms with Gasteiger partial charge in [0, 0.05) is 37.3 Å². The predicted octanol–water partition coefficient (Wildman–Crippen LogP) is 1.90. The van der Waals surface area contributed by atoms with Gasteiger partial charge in [-0.15, -0.1) is 10.2 Å². The van der Waals surface area contributed by atoms with E-state index in [-0.39, 0.29) is 34.5 Å². The van der Waals surface area contributed by atoms with Crippen LogP contribution in [0.5, 0.6) is 11.5 Å². The molecule has 0 bridgehead atoms. The summed E-state index contributed by atoms with van der Waals surface area (Å²) in [7, 11) is 0. The first-order valence-electron chi connectivity index (χ1n) is 10.2. The van der Waals surface area contributed by atoms with Gasteiger partial charge in [0.05, 0.1) is 0 Å². The minimum Gasteiger partial charge on any atom is -0.454 e. The Balaban J connectivity index is 1.32. The predicted molar refractivity (Wildman–Crippen MR) is 112 cm³/mol. The smallest absolute Gasteiger partial charge is 0.286 e. The van der Waals surface area contributed by atoms with Crippen molar-refractivity contribution in [3.8, 4) is 11.5 Å². The van der Waals surface area contributed by atoms with Gasteiger partial charge in [-0.05, 0) is 31.4 Å². The van der Waals surface area contributed by atoms with Crippen molar-refractivity contribution in [2.75, 3.05) is 31.7 Å². The summed E-state index contributed by atoms with van der Waals surface area (Å²) in [5.74, 6) is 0.417. The van der Waals surface area contributed by atoms with E-state index in [1.54, 1.807) is 23.1 Å². The molecule has 0 spiro atoms. The molecule has 11 heteroatoms. The van der Waals surface area contributed by atoms with Crippen molar-refractivity contribution in [3.63, 3.8) is 0 Å². The zero-order valence-electron chi connectivity index (χ0n) is 17.1. The molecule has 1 aromatic carbocycles. The largest absolute Gasteiger partial charge is 0.454 e. The van der Waals surface area contributed by atoms with Crippen LogP contribution in [0.25, 0.3) is 0 Å². The molecule has 0 unspecified atom stereocenters. The summed E-state index contributed by atoms with van der Waals surface area (Å²) in [5, 5.41) is 13.6. The van der Waals surface area contributed by atoms with Crippen LogP contribution in [0.4, 0.5) is 5.69 Å². The number of benzene rings is 1. The summed E-state index contributed by atoms with van der Waals surface area (Å²) in [4.78, 5) is 39.0. The first-order chi connectivity index (χ1) is 15.0. The number of rotatable bonds is 6. The molecular weight excluding hydrogens is 422 g/mol. The van der Waals surface area contributed by atoms with Crippen LogP contribution in [-0.2, 0) is 4.79 Å². The highest BCUT2D eigenvalue weighted by Gasteiger charge is 2.29. The Morgan fingerprint density at radius 3 is 2.65 bits per heavy atom. The topological polar surface area (TPSA) is 123 Å². The van der Waals surface area contributed by atoms with Crippen molar-refractivity contribution in [2.24, 2.45) is 5.92 Å². The number of anilines is 1. The fraction of sp³-hybridized carbons (Fsp3) is 0.450. The Labute approximate surface area is 182 Å². The normalized spacial score (nSPS) is 15.6. The molecule has 0 radical (unpaired) electrons. The van der Waals surface area contributed by atoms with Gasteiger partial charge < -0.3 is 25.0 Å². The van der Waals surface area contributed by atoms with Crippen molar-refractivity contribution in [1.82, 2.24) is 20.4 Å². The Morgan fingerprint density at radius 1 is 1.13 bits per heavy atom. The number of fused-ring (bicyclic) bond motifs is 1. The van der Waals surface area contributed by atoms with Gasteiger partial charge in [0.2, 0.25) is 22.7 Å². The first kappa shape index (κ1) is 21.0. The van der Waals surface area contributed by atoms with E-state index in [2.05, 4.69) is 20.8 Å². The van der Waals surface area contributed by atoms with Crippen molar-refractivity contribution >= 4 is 34.7 Å². The molecule has 1 aromatic heterocycles. The summed E-state index contributed by atoms with van der Waals surface area (Å²) < 4.78 is 10.5. The second-order valence-electron chi connectivity index (χ2n) is 7.29. The Kier molecular flexibility index (Phi) is 6.31. The van der Waals surface area contributed by atoms with E-state index in [9.17, 15) is 14.4 Å². The third-order valence-corrected chi connectivity index (χ3v) is 6.04. The van der Waals surface area contributed by atoms with Crippen LogP contribution in [-0.4, -0.2) is 59.2 Å². The summed E-state index contributed by atoms with van der Waals surface area (Å²) in [6.07, 6.45) is 2.11. The van der Waals surface area contributed by atoms with Crippen molar-refractivity contribution in [1.29, 1.82) is 0 Å². The molecule has 3 heterocycles. The monoisotopic (exact) mass is 445 g/mol. The van der Waals surface area contributed by atoms with E-state index in [0.29, 0.717) is 49.7 Å². The first-order valence-corrected chi connectivity index (χ1v) is 11.0. The van der Waals surface area contributed by atoms with Gasteiger partial charge in [0.15, 0.2) is 11.5 Å². The van der Waals surface area contributed by atoms with Crippen LogP contribution < -0.4 is 20.1 Å². The van der Waals surface area contributed by atoms with Crippen LogP contribution in [0.1, 0.15) is 45.8 Å². The molecule has 0 saturated carbocycles. The summed E-state index contributed by atoms with van der Waals surface area (Å²) in [5.41, 5.74) is 0.528. The lowest BCUT2D eigenvalue weighted by atomic mass is 9.96. The highest BCUT2D eigenvalue weighted by atomic mass is 32.1. The molecule has 0 aliphatic carbocycles. The number of likely N-dealkylation sites (tertiary alicyclic amines) is 1. The molecule has 3 amide bonds. The summed E-state index contributed by atoms with van der Waals surface area (Å²) >= 11 is 0.945. The molecule has 1 saturated heterocycles. The maximum Gasteiger partial charge on any atom is 0.286 e. The number of hydrogen-bond acceptors (Lipinski definition) is 8. The molecule has 31 heavy (non-hydrogen) atoms. The van der Waals surface area contributed by atoms with Crippen LogP contribution in [0, 0.1) is 5.92 Å². The lowest BCUT2D eigenvalue weighted by Crippen LogP contribution is -2.43. The standard InChI is InChI=1S/C20H23N5O5S/c1-2-7-21-16(26)12-5-8-25(9-6-12)20(28)19-24-23-18(31-19)17(27)22-13-3-4-14-15(10-13)30-11-29-14/h3-4,10,12H,2,5-9,11H2,1H3,(H,21,26)(H,22,27). The van der Waals surface area contributed by atoms with Crippen LogP contribution >= 0.6 is 11.3 Å². The highest BCUT2D eigenvalue weighted by Crippen LogP contribution is 2.34. The molecule has 2 aliphatic heterocycles. The summed E-state index contributed by atoms with van der Waals surface area (Å²) in [6, 6.07) is 5.06. The maximum absolute atomic E-state index is 12.7. The quantitative estimate of drug-likeness (QED) is 0.696. The maximum atomic E-state index is 12.7. The number of piperidine rings is 1. The van der Waals surface area contributed by atoms with Crippen LogP contribution in [0.15, 0.2) is 18.2 Å². The number of carbonyl (C=O) groups is 3. The van der Waals surface area contributed by atoms with Gasteiger partial charge in [-0.25, -0.2) is 0 Å². The molecule has 2 aromatic rings. The van der Waals surface area contributed by atoms with Crippen molar-refractivity contribution in [2.45, 2.75) is 26.2 Å². The van der Waals surface area contributed by atoms with E-state index in [4.69, 9.17) is 9.47 Å². The van der Waals surface area contributed by atoms with Gasteiger partial charge in [0.25, 0.3) is 11.8 Å². The van der Waals surface area contributed by atoms with E-state index < -0.39 is 5.91 Å². The lowest BCUT2D eigenvalue weighted by molar-refractivity contribution is -0.126. The Morgan fingerprint density at radius 2 is 1.87 bits per heavy atom. The molecule has 164 valence electrons. The fourth-order valence-electron chi connectivity index (χ4n) is 3.43. The third kappa shape index (κ3) is 4.76. The number of nitrogens with zero attached hydrogens (tertiary/aromatic N) is 3. The number of ether oxygens (including phenoxy) is 2. The average Bonchev–Trinajstić information content (AvgIpc) is 3.46. The van der Waals surface area contributed by atoms with E-state index in [0.717, 1.165) is 17.8 Å². The number of aromatic nitrogens is 2. The van der Waals surface area contributed by atoms with Gasteiger partial charge in [-0.2, -0.15) is 0 Å². The van der Waals surface area contributed by atoms with Crippen LogP contribution in [0.3, 0.4) is 0 Å². The van der Waals surface area contributed by atoms with Crippen LogP contribution in [0.2, 0.25) is 0 Å². The SMILES string of the molecule is CCCNC(=O)C1CCN(C(=O)c2nnc(C(=O)Nc3ccc4c(c3)OCO4)s2)CC1. The second-order valence-corrected chi connectivity index (χ2v) is 8.27. The molecule has 4 rings (SSSR count). The summed E-state index contributed by atoms with van der Waals surface area (Å²) in [6.45, 7) is 3.77. The molecular formula is C20H23N5O5S. The number of nitrogens with one attached hydrogen (secondary N) is 2. The van der Waals surface area contributed by atoms with Gasteiger partial charge in [0.1, 0.15) is 0 Å². The zero-order valence-corrected chi connectivity index (χ0v) is 17.9. The van der Waals surface area contributed by atoms with Gasteiger partial charge in [-0.3, -0.25) is 14.4 Å². The third-order valence-electron chi connectivity index (χ3n) is 5.13. The highest BCUT2D eigenvalue weighted by molar-refractivity contribution is 7.15. The van der Waals surface area contributed by atoms with Crippen molar-refractivity contribution < 1.29 is 23.9 Å². The number of amides is 3. The van der Waals surface area contributed by atoms with E-state index in [1.165, 1.54) is 0 Å². The number of carbonyl (C=O) groups excluding carboxylic acids is 3. The Bertz CT molecular complexity index is 986. The Hall–Kier alpha value is -3.21. The minimum atomic E-state index is -0.457. The molecule has 2 N–H and O–H groups in total. The molecule has 0 atom stereocenters. The zero-order chi connectivity index (χ0) is 21.8. The van der Waals surface area contributed by atoms with E-state index >= 15 is 0 Å². The van der Waals surface area contributed by atoms with Crippen molar-refractivity contribution in [3.05, 3.63) is 28.2 Å². The lowest BCUT2D eigenvalue weighted by Gasteiger charge is -2.30. The number of hydrogen-bond donors (Lipinski definition) is 2. The fourth-order valence-corrected chi connectivity index (χ4v) is 4.14. The molecule has 10 nitrogen and oxygen atoms in total. The molecule has 1 fully saturated rings. The van der Waals surface area contributed by atoms with Gasteiger partial charge in [-0.1, -0.05) is 18.3 Å².